The highest BCUT2D eigenvalue weighted by Crippen LogP contribution is 2.59. The number of anilines is 1. The van der Waals surface area contributed by atoms with E-state index >= 15 is 0 Å². The highest BCUT2D eigenvalue weighted by atomic mass is 16.5. The minimum Gasteiger partial charge on any atom is -0.472 e. The van der Waals surface area contributed by atoms with Gasteiger partial charge in [0.25, 0.3) is 0 Å². The first-order valence-corrected chi connectivity index (χ1v) is 20.3. The van der Waals surface area contributed by atoms with Crippen molar-refractivity contribution < 1.29 is 4.74 Å². The fourth-order valence-corrected chi connectivity index (χ4v) is 10.8. The van der Waals surface area contributed by atoms with Gasteiger partial charge in [-0.3, -0.25) is 0 Å². The molecule has 0 bridgehead atoms. The smallest absolute Gasteiger partial charge is 0.178 e. The lowest BCUT2D eigenvalue weighted by Gasteiger charge is -2.39. The average molecular weight is 725 g/mol. The average Bonchev–Trinajstić information content (AvgIpc) is 3.63. The second kappa shape index (κ2) is 11.7. The summed E-state index contributed by atoms with van der Waals surface area (Å²) in [5, 5.41) is 14.8. The van der Waals surface area contributed by atoms with Crippen LogP contribution in [0.4, 0.5) is 5.69 Å². The van der Waals surface area contributed by atoms with Crippen LogP contribution in [-0.4, -0.2) is 13.1 Å². The fourth-order valence-electron chi connectivity index (χ4n) is 10.8. The quantitative estimate of drug-likeness (QED) is 0.182. The first-order valence-electron chi connectivity index (χ1n) is 20.3. The van der Waals surface area contributed by atoms with E-state index in [-0.39, 0.29) is 10.8 Å². The molecule has 7 aromatic rings. The summed E-state index contributed by atoms with van der Waals surface area (Å²) in [6.07, 6.45) is 8.47. The third-order valence-electron chi connectivity index (χ3n) is 13.7. The van der Waals surface area contributed by atoms with Gasteiger partial charge >= 0.3 is 0 Å². The molecule has 1 unspecified atom stereocenters. The summed E-state index contributed by atoms with van der Waals surface area (Å²) in [7, 11) is 0. The summed E-state index contributed by atoms with van der Waals surface area (Å²) >= 11 is 0. The third-order valence-corrected chi connectivity index (χ3v) is 13.7. The van der Waals surface area contributed by atoms with E-state index in [0.717, 1.165) is 40.9 Å². The first kappa shape index (κ1) is 33.2. The summed E-state index contributed by atoms with van der Waals surface area (Å²) in [6, 6.07) is 47.1. The molecule has 0 saturated carbocycles. The monoisotopic (exact) mass is 724 g/mol. The molecule has 1 atom stereocenters. The van der Waals surface area contributed by atoms with E-state index in [4.69, 9.17) is 4.74 Å². The molecule has 11 rings (SSSR count). The zero-order valence-electron chi connectivity index (χ0n) is 32.5. The standard InChI is InChI=1S/C53H44N2O/c1-51(2)44-25-17-34-12-6-7-13-38(34)47(44)41-24-20-36(31-46(41)51)53(35-18-21-37(22-19-35)55-28-10-5-11-29-55)27-26-43-49-48(39-14-8-9-15-40(39)50(43)56-53)42-23-16-33(32-54)30-45(42)52(49,3)4/h6-9,12-27,30-31H,5,10-11,28-29H2,1-4H3. The van der Waals surface area contributed by atoms with Crippen molar-refractivity contribution in [2.24, 2.45) is 0 Å². The van der Waals surface area contributed by atoms with E-state index < -0.39 is 5.60 Å². The number of fused-ring (bicyclic) bond motifs is 13. The van der Waals surface area contributed by atoms with Crippen LogP contribution in [0.1, 0.15) is 91.5 Å². The maximum Gasteiger partial charge on any atom is 0.178 e. The molecule has 0 N–H and O–H groups in total. The van der Waals surface area contributed by atoms with Crippen LogP contribution in [0.25, 0.3) is 49.9 Å². The van der Waals surface area contributed by atoms with Gasteiger partial charge in [0.1, 0.15) is 5.75 Å². The number of piperidine rings is 1. The lowest BCUT2D eigenvalue weighted by atomic mass is 9.75. The van der Waals surface area contributed by atoms with E-state index in [1.54, 1.807) is 0 Å². The number of rotatable bonds is 3. The molecule has 2 aliphatic carbocycles. The lowest BCUT2D eigenvalue weighted by Crippen LogP contribution is -2.35. The van der Waals surface area contributed by atoms with Gasteiger partial charge < -0.3 is 9.64 Å². The van der Waals surface area contributed by atoms with Crippen LogP contribution >= 0.6 is 0 Å². The highest BCUT2D eigenvalue weighted by molar-refractivity contribution is 6.09. The van der Waals surface area contributed by atoms with Crippen molar-refractivity contribution >= 4 is 33.3 Å². The Hall–Kier alpha value is -6.11. The van der Waals surface area contributed by atoms with E-state index in [9.17, 15) is 5.26 Å². The zero-order chi connectivity index (χ0) is 38.0. The molecular formula is C53H44N2O. The third kappa shape index (κ3) is 4.45. The Morgan fingerprint density at radius 3 is 2.07 bits per heavy atom. The molecule has 56 heavy (non-hydrogen) atoms. The highest BCUT2D eigenvalue weighted by Gasteiger charge is 2.46. The molecule has 272 valence electrons. The van der Waals surface area contributed by atoms with E-state index in [2.05, 4.69) is 166 Å². The van der Waals surface area contributed by atoms with Gasteiger partial charge in [0.15, 0.2) is 5.60 Å². The van der Waals surface area contributed by atoms with Gasteiger partial charge in [-0.15, -0.1) is 0 Å². The summed E-state index contributed by atoms with van der Waals surface area (Å²) in [5.41, 5.74) is 14.2. The number of hydrogen-bond acceptors (Lipinski definition) is 3. The van der Waals surface area contributed by atoms with Gasteiger partial charge in [-0.1, -0.05) is 125 Å². The number of ether oxygens (including phenoxy) is 1. The fraction of sp³-hybridized carbons (Fsp3) is 0.226. The van der Waals surface area contributed by atoms with Crippen LogP contribution in [0.3, 0.4) is 0 Å². The molecular weight excluding hydrogens is 681 g/mol. The van der Waals surface area contributed by atoms with Crippen molar-refractivity contribution in [3.8, 4) is 34.1 Å². The second-order valence-corrected chi connectivity index (χ2v) is 17.4. The predicted molar refractivity (Wildman–Crippen MR) is 231 cm³/mol. The Kier molecular flexibility index (Phi) is 6.95. The normalized spacial score (nSPS) is 19.4. The van der Waals surface area contributed by atoms with Gasteiger partial charge in [0.2, 0.25) is 0 Å². The molecule has 0 radical (unpaired) electrons. The topological polar surface area (TPSA) is 36.3 Å². The van der Waals surface area contributed by atoms with Crippen LogP contribution in [-0.2, 0) is 16.4 Å². The van der Waals surface area contributed by atoms with Crippen molar-refractivity contribution in [1.29, 1.82) is 5.26 Å². The molecule has 1 saturated heterocycles. The molecule has 3 nitrogen and oxygen atoms in total. The second-order valence-electron chi connectivity index (χ2n) is 17.4. The number of nitrogens with zero attached hydrogens (tertiary/aromatic N) is 2. The van der Waals surface area contributed by atoms with Crippen molar-refractivity contribution in [3.05, 3.63) is 172 Å². The minimum absolute atomic E-state index is 0.189. The van der Waals surface area contributed by atoms with Gasteiger partial charge in [0.05, 0.1) is 11.6 Å². The van der Waals surface area contributed by atoms with E-state index in [0.29, 0.717) is 5.56 Å². The number of hydrogen-bond donors (Lipinski definition) is 0. The molecule has 4 aliphatic rings. The molecule has 7 aromatic carbocycles. The molecule has 0 spiro atoms. The Morgan fingerprint density at radius 1 is 0.607 bits per heavy atom. The van der Waals surface area contributed by atoms with E-state index in [1.807, 2.05) is 6.07 Å². The molecule has 2 aliphatic heterocycles. The maximum atomic E-state index is 9.89. The van der Waals surface area contributed by atoms with Gasteiger partial charge in [-0.25, -0.2) is 0 Å². The Balaban J connectivity index is 1.14. The Morgan fingerprint density at radius 2 is 1.29 bits per heavy atom. The van der Waals surface area contributed by atoms with Crippen molar-refractivity contribution in [2.45, 2.75) is 63.4 Å². The summed E-state index contributed by atoms with van der Waals surface area (Å²) in [4.78, 5) is 2.53. The van der Waals surface area contributed by atoms with Crippen LogP contribution < -0.4 is 9.64 Å². The summed E-state index contributed by atoms with van der Waals surface area (Å²) < 4.78 is 7.78. The van der Waals surface area contributed by atoms with Gasteiger partial charge in [-0.05, 0) is 116 Å². The SMILES string of the molecule is CC1(C)c2cc(C3(c4ccc(N5CCCCC5)cc4)C=Cc4c5c(c6ccccc6c4O3)-c3ccc(C#N)cc3C5(C)C)ccc2-c2c1ccc1ccccc21. The molecule has 1 fully saturated rings. The molecule has 3 heteroatoms. The van der Waals surface area contributed by atoms with Crippen LogP contribution in [0.5, 0.6) is 5.75 Å². The summed E-state index contributed by atoms with van der Waals surface area (Å²) in [5.74, 6) is 0.914. The largest absolute Gasteiger partial charge is 0.472 e. The maximum absolute atomic E-state index is 9.89. The van der Waals surface area contributed by atoms with Crippen molar-refractivity contribution in [3.63, 3.8) is 0 Å². The number of benzene rings is 7. The van der Waals surface area contributed by atoms with Gasteiger partial charge in [0, 0.05) is 51.7 Å². The zero-order valence-corrected chi connectivity index (χ0v) is 32.5. The van der Waals surface area contributed by atoms with Crippen LogP contribution in [0.2, 0.25) is 0 Å². The lowest BCUT2D eigenvalue weighted by molar-refractivity contribution is 0.163. The Labute approximate surface area is 329 Å². The Bertz CT molecular complexity index is 2880. The molecule has 2 heterocycles. The van der Waals surface area contributed by atoms with E-state index in [1.165, 1.54) is 85.6 Å². The number of nitriles is 1. The summed E-state index contributed by atoms with van der Waals surface area (Å²) in [6.45, 7) is 11.6. The van der Waals surface area contributed by atoms with Crippen LogP contribution in [0, 0.1) is 11.3 Å². The van der Waals surface area contributed by atoms with Crippen LogP contribution in [0.15, 0.2) is 127 Å². The van der Waals surface area contributed by atoms with Gasteiger partial charge in [-0.2, -0.15) is 5.26 Å². The minimum atomic E-state index is -0.879. The predicted octanol–water partition coefficient (Wildman–Crippen LogP) is 12.8. The van der Waals surface area contributed by atoms with Crippen molar-refractivity contribution in [2.75, 3.05) is 18.0 Å². The molecule has 0 aromatic heterocycles. The molecule has 0 amide bonds. The van der Waals surface area contributed by atoms with Crippen molar-refractivity contribution in [1.82, 2.24) is 0 Å². The first-order chi connectivity index (χ1) is 27.2.